The number of esters is 2. The van der Waals surface area contributed by atoms with Gasteiger partial charge < -0.3 is 14.2 Å². The van der Waals surface area contributed by atoms with E-state index in [1.54, 1.807) is 6.07 Å². The number of ether oxygens (including phenoxy) is 3. The minimum absolute atomic E-state index is 0.234. The minimum Gasteiger partial charge on any atom is -0.481 e. The molecule has 0 radical (unpaired) electrons. The Morgan fingerprint density at radius 1 is 0.815 bits per heavy atom. The van der Waals surface area contributed by atoms with E-state index in [-0.39, 0.29) is 6.61 Å². The van der Waals surface area contributed by atoms with Crippen LogP contribution in [0.15, 0.2) is 78.9 Å². The molecule has 27 heavy (non-hydrogen) atoms. The molecule has 3 rings (SSSR count). The molecule has 0 aliphatic rings. The van der Waals surface area contributed by atoms with Crippen LogP contribution in [0, 0.1) is 0 Å². The van der Waals surface area contributed by atoms with Crippen molar-refractivity contribution in [1.82, 2.24) is 0 Å². The van der Waals surface area contributed by atoms with Crippen LogP contribution in [0.1, 0.15) is 10.4 Å². The van der Waals surface area contributed by atoms with Crippen LogP contribution >= 0.6 is 0 Å². The van der Waals surface area contributed by atoms with Crippen molar-refractivity contribution in [3.05, 3.63) is 84.4 Å². The number of carbonyl (C=O) groups excluding carboxylic acids is 2. The van der Waals surface area contributed by atoms with Crippen molar-refractivity contribution >= 4 is 11.9 Å². The monoisotopic (exact) mass is 362 g/mol. The maximum Gasteiger partial charge on any atom is 0.349 e. The average molecular weight is 362 g/mol. The van der Waals surface area contributed by atoms with E-state index in [1.165, 1.54) is 31.4 Å². The number of para-hydroxylation sites is 1. The molecule has 0 fully saturated rings. The van der Waals surface area contributed by atoms with Crippen molar-refractivity contribution in [2.24, 2.45) is 0 Å². The van der Waals surface area contributed by atoms with Gasteiger partial charge >= 0.3 is 11.9 Å². The van der Waals surface area contributed by atoms with Gasteiger partial charge in [0.2, 0.25) is 0 Å². The van der Waals surface area contributed by atoms with Crippen molar-refractivity contribution in [2.45, 2.75) is 0 Å². The van der Waals surface area contributed by atoms with Gasteiger partial charge in [0, 0.05) is 5.56 Å². The standard InChI is InChI=1S/C22H18O5/c1-25-22(24)17-11-13-18(14-12-17)27-21(23)15-26-20-10-6-5-9-19(20)16-7-3-2-4-8-16/h2-14H,15H2,1H3. The normalized spacial score (nSPS) is 10.1. The van der Waals surface area contributed by atoms with Crippen molar-refractivity contribution in [2.75, 3.05) is 13.7 Å². The lowest BCUT2D eigenvalue weighted by Crippen LogP contribution is -2.18. The Morgan fingerprint density at radius 3 is 2.19 bits per heavy atom. The summed E-state index contributed by atoms with van der Waals surface area (Å²) in [6, 6.07) is 23.4. The van der Waals surface area contributed by atoms with Crippen LogP contribution < -0.4 is 9.47 Å². The van der Waals surface area contributed by atoms with E-state index in [0.717, 1.165) is 11.1 Å². The van der Waals surface area contributed by atoms with E-state index in [1.807, 2.05) is 48.5 Å². The van der Waals surface area contributed by atoms with Crippen LogP contribution in [-0.2, 0) is 9.53 Å². The van der Waals surface area contributed by atoms with E-state index in [4.69, 9.17) is 9.47 Å². The first kappa shape index (κ1) is 18.2. The van der Waals surface area contributed by atoms with Gasteiger partial charge in [-0.25, -0.2) is 9.59 Å². The number of methoxy groups -OCH3 is 1. The SMILES string of the molecule is COC(=O)c1ccc(OC(=O)COc2ccccc2-c2ccccc2)cc1. The fourth-order valence-electron chi connectivity index (χ4n) is 2.52. The molecule has 0 atom stereocenters. The summed E-state index contributed by atoms with van der Waals surface area (Å²) >= 11 is 0. The van der Waals surface area contributed by atoms with Gasteiger partial charge in [0.25, 0.3) is 0 Å². The maximum atomic E-state index is 12.1. The zero-order valence-electron chi connectivity index (χ0n) is 14.8. The Labute approximate surface area is 157 Å². The second-order valence-corrected chi connectivity index (χ2v) is 5.64. The molecule has 0 unspecified atom stereocenters. The van der Waals surface area contributed by atoms with Crippen molar-refractivity contribution in [1.29, 1.82) is 0 Å². The summed E-state index contributed by atoms with van der Waals surface area (Å²) in [5.74, 6) is -0.0632. The molecule has 5 heteroatoms. The number of rotatable bonds is 6. The Bertz CT molecular complexity index is 917. The lowest BCUT2D eigenvalue weighted by atomic mass is 10.1. The smallest absolute Gasteiger partial charge is 0.349 e. The number of carbonyl (C=O) groups is 2. The molecule has 0 aliphatic heterocycles. The zero-order valence-corrected chi connectivity index (χ0v) is 14.8. The van der Waals surface area contributed by atoms with Gasteiger partial charge in [-0.05, 0) is 35.9 Å². The summed E-state index contributed by atoms with van der Waals surface area (Å²) in [6.07, 6.45) is 0. The van der Waals surface area contributed by atoms with Gasteiger partial charge in [-0.1, -0.05) is 48.5 Å². The zero-order chi connectivity index (χ0) is 19.1. The van der Waals surface area contributed by atoms with E-state index in [9.17, 15) is 9.59 Å². The molecule has 0 amide bonds. The van der Waals surface area contributed by atoms with Crippen LogP contribution in [0.2, 0.25) is 0 Å². The van der Waals surface area contributed by atoms with E-state index >= 15 is 0 Å². The highest BCUT2D eigenvalue weighted by molar-refractivity contribution is 5.89. The topological polar surface area (TPSA) is 61.8 Å². The minimum atomic E-state index is -0.538. The first-order valence-electron chi connectivity index (χ1n) is 8.33. The second-order valence-electron chi connectivity index (χ2n) is 5.64. The first-order valence-corrected chi connectivity index (χ1v) is 8.33. The first-order chi connectivity index (χ1) is 13.2. The van der Waals surface area contributed by atoms with Crippen LogP contribution in [0.4, 0.5) is 0 Å². The summed E-state index contributed by atoms with van der Waals surface area (Å²) in [5.41, 5.74) is 2.28. The van der Waals surface area contributed by atoms with Gasteiger partial charge in [-0.3, -0.25) is 0 Å². The lowest BCUT2D eigenvalue weighted by Gasteiger charge is -2.11. The van der Waals surface area contributed by atoms with Crippen molar-refractivity contribution in [3.63, 3.8) is 0 Å². The maximum absolute atomic E-state index is 12.1. The molecular formula is C22H18O5. The van der Waals surface area contributed by atoms with Crippen molar-refractivity contribution < 1.29 is 23.8 Å². The molecule has 0 aromatic heterocycles. The summed E-state index contributed by atoms with van der Waals surface area (Å²) in [5, 5.41) is 0. The summed E-state index contributed by atoms with van der Waals surface area (Å²) in [6.45, 7) is -0.234. The lowest BCUT2D eigenvalue weighted by molar-refractivity contribution is -0.136. The van der Waals surface area contributed by atoms with Gasteiger partial charge in [-0.15, -0.1) is 0 Å². The summed E-state index contributed by atoms with van der Waals surface area (Å²) in [4.78, 5) is 23.5. The summed E-state index contributed by atoms with van der Waals surface area (Å²) < 4.78 is 15.5. The highest BCUT2D eigenvalue weighted by Crippen LogP contribution is 2.29. The average Bonchev–Trinajstić information content (AvgIpc) is 2.73. The Morgan fingerprint density at radius 2 is 1.48 bits per heavy atom. The number of hydrogen-bond acceptors (Lipinski definition) is 5. The highest BCUT2D eigenvalue weighted by Gasteiger charge is 2.11. The third-order valence-corrected chi connectivity index (χ3v) is 3.82. The van der Waals surface area contributed by atoms with Crippen molar-refractivity contribution in [3.8, 4) is 22.6 Å². The molecule has 3 aromatic rings. The largest absolute Gasteiger partial charge is 0.481 e. The molecule has 3 aromatic carbocycles. The van der Waals surface area contributed by atoms with Crippen LogP contribution in [0.5, 0.6) is 11.5 Å². The molecule has 0 N–H and O–H groups in total. The fourth-order valence-corrected chi connectivity index (χ4v) is 2.52. The van der Waals surface area contributed by atoms with Gasteiger partial charge in [-0.2, -0.15) is 0 Å². The predicted molar refractivity (Wildman–Crippen MR) is 101 cm³/mol. The summed E-state index contributed by atoms with van der Waals surface area (Å²) in [7, 11) is 1.31. The molecule has 5 nitrogen and oxygen atoms in total. The molecule has 0 spiro atoms. The number of hydrogen-bond donors (Lipinski definition) is 0. The van der Waals surface area contributed by atoms with Crippen LogP contribution in [-0.4, -0.2) is 25.7 Å². The van der Waals surface area contributed by atoms with Gasteiger partial charge in [0.15, 0.2) is 6.61 Å². The number of benzene rings is 3. The fraction of sp³-hybridized carbons (Fsp3) is 0.0909. The van der Waals surface area contributed by atoms with Gasteiger partial charge in [0.05, 0.1) is 12.7 Å². The molecule has 0 aliphatic carbocycles. The molecule has 0 heterocycles. The Hall–Kier alpha value is -3.60. The van der Waals surface area contributed by atoms with E-state index in [0.29, 0.717) is 17.1 Å². The van der Waals surface area contributed by atoms with E-state index in [2.05, 4.69) is 4.74 Å². The Balaban J connectivity index is 1.62. The molecule has 0 saturated heterocycles. The highest BCUT2D eigenvalue weighted by atomic mass is 16.6. The Kier molecular flexibility index (Phi) is 5.84. The second kappa shape index (κ2) is 8.67. The third-order valence-electron chi connectivity index (χ3n) is 3.82. The molecule has 0 bridgehead atoms. The van der Waals surface area contributed by atoms with Crippen LogP contribution in [0.3, 0.4) is 0 Å². The van der Waals surface area contributed by atoms with Gasteiger partial charge in [0.1, 0.15) is 11.5 Å². The third kappa shape index (κ3) is 4.73. The van der Waals surface area contributed by atoms with E-state index < -0.39 is 11.9 Å². The predicted octanol–water partition coefficient (Wildman–Crippen LogP) is 4.12. The van der Waals surface area contributed by atoms with Crippen LogP contribution in [0.25, 0.3) is 11.1 Å². The quantitative estimate of drug-likeness (QED) is 0.487. The molecule has 136 valence electrons. The molecule has 0 saturated carbocycles. The molecular weight excluding hydrogens is 344 g/mol.